The molecule has 0 fully saturated rings. The summed E-state index contributed by atoms with van der Waals surface area (Å²) >= 11 is 0. The van der Waals surface area contributed by atoms with E-state index in [9.17, 15) is 5.11 Å². The molecule has 0 aliphatic heterocycles. The molecule has 0 aliphatic rings. The van der Waals surface area contributed by atoms with Crippen LogP contribution in [0.2, 0.25) is 0 Å². The molecule has 0 heterocycles. The lowest BCUT2D eigenvalue weighted by atomic mass is 9.89. The predicted molar refractivity (Wildman–Crippen MR) is 90.1 cm³/mol. The van der Waals surface area contributed by atoms with Crippen LogP contribution in [0, 0.1) is 13.8 Å². The molecule has 0 unspecified atom stereocenters. The van der Waals surface area contributed by atoms with E-state index in [1.54, 1.807) is 0 Å². The third kappa shape index (κ3) is 1.58. The van der Waals surface area contributed by atoms with Crippen molar-refractivity contribution < 1.29 is 5.11 Å². The van der Waals surface area contributed by atoms with Crippen molar-refractivity contribution in [3.63, 3.8) is 0 Å². The van der Waals surface area contributed by atoms with Crippen molar-refractivity contribution in [1.82, 2.24) is 0 Å². The molecular formula is C20H16O. The van der Waals surface area contributed by atoms with E-state index < -0.39 is 0 Å². The average molecular weight is 272 g/mol. The van der Waals surface area contributed by atoms with Crippen LogP contribution in [0.3, 0.4) is 0 Å². The van der Waals surface area contributed by atoms with Gasteiger partial charge in [-0.2, -0.15) is 0 Å². The zero-order valence-electron chi connectivity index (χ0n) is 12.1. The molecule has 0 radical (unpaired) electrons. The molecule has 4 aromatic carbocycles. The highest BCUT2D eigenvalue weighted by atomic mass is 16.3. The maximum Gasteiger partial charge on any atom is 0.124 e. The van der Waals surface area contributed by atoms with Gasteiger partial charge in [0.2, 0.25) is 0 Å². The first-order chi connectivity index (χ1) is 10.2. The second-order valence-corrected chi connectivity index (χ2v) is 5.66. The van der Waals surface area contributed by atoms with E-state index in [0.29, 0.717) is 5.75 Å². The van der Waals surface area contributed by atoms with Crippen molar-refractivity contribution in [2.75, 3.05) is 0 Å². The number of phenols is 1. The van der Waals surface area contributed by atoms with Crippen LogP contribution in [0.4, 0.5) is 0 Å². The highest BCUT2D eigenvalue weighted by molar-refractivity contribution is 6.18. The van der Waals surface area contributed by atoms with Crippen LogP contribution in [0.25, 0.3) is 32.3 Å². The molecule has 1 N–H and O–H groups in total. The van der Waals surface area contributed by atoms with Crippen LogP contribution in [0.15, 0.2) is 54.6 Å². The quantitative estimate of drug-likeness (QED) is 0.332. The van der Waals surface area contributed by atoms with Gasteiger partial charge in [-0.3, -0.25) is 0 Å². The maximum absolute atomic E-state index is 10.5. The lowest BCUT2D eigenvalue weighted by Gasteiger charge is -2.15. The fraction of sp³-hybridized carbons (Fsp3) is 0.100. The molecule has 21 heavy (non-hydrogen) atoms. The highest BCUT2D eigenvalue weighted by Crippen LogP contribution is 2.40. The molecule has 0 atom stereocenters. The van der Waals surface area contributed by atoms with E-state index in [-0.39, 0.29) is 0 Å². The van der Waals surface area contributed by atoms with Crippen LogP contribution in [-0.4, -0.2) is 5.11 Å². The van der Waals surface area contributed by atoms with Crippen LogP contribution in [0.5, 0.6) is 5.75 Å². The van der Waals surface area contributed by atoms with Crippen molar-refractivity contribution in [3.8, 4) is 5.75 Å². The number of phenolic OH excluding ortho intramolecular Hbond substituents is 1. The standard InChI is InChI=1S/C20H16O/c1-12-15-8-5-6-9-16(15)13(2)20-18(21)11-14-7-3-4-10-17(14)19(12)20/h3-11,21H,1-2H3. The van der Waals surface area contributed by atoms with Crippen LogP contribution in [0.1, 0.15) is 11.1 Å². The Morgan fingerprint density at radius 1 is 0.667 bits per heavy atom. The molecule has 0 spiro atoms. The third-order valence-corrected chi connectivity index (χ3v) is 4.51. The fourth-order valence-corrected chi connectivity index (χ4v) is 3.51. The molecule has 0 amide bonds. The molecule has 0 saturated heterocycles. The Kier molecular flexibility index (Phi) is 2.46. The van der Waals surface area contributed by atoms with Crippen LogP contribution >= 0.6 is 0 Å². The van der Waals surface area contributed by atoms with Crippen molar-refractivity contribution in [3.05, 3.63) is 65.7 Å². The van der Waals surface area contributed by atoms with Crippen LogP contribution in [-0.2, 0) is 0 Å². The van der Waals surface area contributed by atoms with E-state index in [4.69, 9.17) is 0 Å². The number of rotatable bonds is 0. The first-order valence-corrected chi connectivity index (χ1v) is 7.21. The SMILES string of the molecule is Cc1c2ccccc2c(C)c2c1c(O)cc1ccccc12. The van der Waals surface area contributed by atoms with Crippen molar-refractivity contribution in [2.24, 2.45) is 0 Å². The summed E-state index contributed by atoms with van der Waals surface area (Å²) in [7, 11) is 0. The lowest BCUT2D eigenvalue weighted by Crippen LogP contribution is -1.90. The topological polar surface area (TPSA) is 20.2 Å². The lowest BCUT2D eigenvalue weighted by molar-refractivity contribution is 0.482. The van der Waals surface area contributed by atoms with Gasteiger partial charge in [-0.25, -0.2) is 0 Å². The number of aryl methyl sites for hydroxylation is 2. The van der Waals surface area contributed by atoms with Gasteiger partial charge in [-0.05, 0) is 58.0 Å². The molecule has 1 heteroatoms. The van der Waals surface area contributed by atoms with Gasteiger partial charge in [0.05, 0.1) is 0 Å². The Morgan fingerprint density at radius 2 is 1.19 bits per heavy atom. The van der Waals surface area contributed by atoms with E-state index >= 15 is 0 Å². The summed E-state index contributed by atoms with van der Waals surface area (Å²) < 4.78 is 0. The average Bonchev–Trinajstić information content (AvgIpc) is 2.51. The summed E-state index contributed by atoms with van der Waals surface area (Å²) in [5, 5.41) is 17.4. The molecule has 1 nitrogen and oxygen atoms in total. The van der Waals surface area contributed by atoms with Crippen LogP contribution < -0.4 is 0 Å². The zero-order valence-corrected chi connectivity index (χ0v) is 12.1. The van der Waals surface area contributed by atoms with Gasteiger partial charge in [-0.1, -0.05) is 48.5 Å². The molecule has 0 aliphatic carbocycles. The zero-order chi connectivity index (χ0) is 14.6. The molecule has 102 valence electrons. The van der Waals surface area contributed by atoms with E-state index in [2.05, 4.69) is 56.3 Å². The molecule has 0 bridgehead atoms. The minimum absolute atomic E-state index is 0.370. The number of hydrogen-bond donors (Lipinski definition) is 1. The number of benzene rings is 4. The van der Waals surface area contributed by atoms with Crippen molar-refractivity contribution in [1.29, 1.82) is 0 Å². The molecule has 4 aromatic rings. The van der Waals surface area contributed by atoms with E-state index in [0.717, 1.165) is 16.3 Å². The fourth-order valence-electron chi connectivity index (χ4n) is 3.51. The summed E-state index contributed by atoms with van der Waals surface area (Å²) in [6, 6.07) is 18.6. The van der Waals surface area contributed by atoms with Gasteiger partial charge in [0.25, 0.3) is 0 Å². The number of aromatic hydroxyl groups is 1. The Labute approximate surface area is 123 Å². The first-order valence-electron chi connectivity index (χ1n) is 7.21. The van der Waals surface area contributed by atoms with Gasteiger partial charge in [0.15, 0.2) is 0 Å². The minimum Gasteiger partial charge on any atom is -0.507 e. The summed E-state index contributed by atoms with van der Waals surface area (Å²) in [6.45, 7) is 4.24. The summed E-state index contributed by atoms with van der Waals surface area (Å²) in [5.74, 6) is 0.370. The number of fused-ring (bicyclic) bond motifs is 4. The van der Waals surface area contributed by atoms with Crippen molar-refractivity contribution in [2.45, 2.75) is 13.8 Å². The predicted octanol–water partition coefficient (Wildman–Crippen LogP) is 5.47. The Bertz CT molecular complexity index is 1010. The molecular weight excluding hydrogens is 256 g/mol. The Morgan fingerprint density at radius 3 is 1.86 bits per heavy atom. The van der Waals surface area contributed by atoms with Gasteiger partial charge in [0.1, 0.15) is 5.75 Å². The van der Waals surface area contributed by atoms with Gasteiger partial charge in [-0.15, -0.1) is 0 Å². The first kappa shape index (κ1) is 12.2. The number of hydrogen-bond acceptors (Lipinski definition) is 1. The monoisotopic (exact) mass is 272 g/mol. The Hall–Kier alpha value is -2.54. The second kappa shape index (κ2) is 4.23. The maximum atomic E-state index is 10.5. The summed E-state index contributed by atoms with van der Waals surface area (Å²) in [4.78, 5) is 0. The van der Waals surface area contributed by atoms with Gasteiger partial charge >= 0.3 is 0 Å². The molecule has 0 saturated carbocycles. The van der Waals surface area contributed by atoms with E-state index in [1.807, 2.05) is 12.1 Å². The summed E-state index contributed by atoms with van der Waals surface area (Å²) in [5.41, 5.74) is 2.38. The normalized spacial score (nSPS) is 11.5. The third-order valence-electron chi connectivity index (χ3n) is 4.51. The van der Waals surface area contributed by atoms with Gasteiger partial charge < -0.3 is 5.11 Å². The summed E-state index contributed by atoms with van der Waals surface area (Å²) in [6.07, 6.45) is 0. The second-order valence-electron chi connectivity index (χ2n) is 5.66. The largest absolute Gasteiger partial charge is 0.507 e. The Balaban J connectivity index is 2.42. The molecule has 4 rings (SSSR count). The minimum atomic E-state index is 0.370. The van der Waals surface area contributed by atoms with E-state index in [1.165, 1.54) is 27.1 Å². The molecule has 0 aromatic heterocycles. The highest BCUT2D eigenvalue weighted by Gasteiger charge is 2.14. The van der Waals surface area contributed by atoms with Gasteiger partial charge in [0, 0.05) is 5.39 Å². The van der Waals surface area contributed by atoms with Crippen molar-refractivity contribution >= 4 is 32.3 Å². The smallest absolute Gasteiger partial charge is 0.124 e.